The van der Waals surface area contributed by atoms with Crippen molar-refractivity contribution in [1.82, 2.24) is 19.5 Å². The zero-order chi connectivity index (χ0) is 34.1. The second-order valence-electron chi connectivity index (χ2n) is 9.06. The summed E-state index contributed by atoms with van der Waals surface area (Å²) < 4.78 is 81.2. The Balaban J connectivity index is 1.75. The third-order valence-electron chi connectivity index (χ3n) is 6.06. The predicted molar refractivity (Wildman–Crippen MR) is 159 cm³/mol. The zero-order valence-electron chi connectivity index (χ0n) is 23.3. The molecule has 0 aliphatic heterocycles. The number of hydrogen-bond donors (Lipinski definition) is 6. The van der Waals surface area contributed by atoms with Crippen molar-refractivity contribution < 1.29 is 40.2 Å². The van der Waals surface area contributed by atoms with Gasteiger partial charge in [-0.1, -0.05) is 11.6 Å². The molecule has 0 aliphatic carbocycles. The highest BCUT2D eigenvalue weighted by Crippen LogP contribution is 2.33. The summed E-state index contributed by atoms with van der Waals surface area (Å²) >= 11 is 6.05. The summed E-state index contributed by atoms with van der Waals surface area (Å²) in [6.07, 6.45) is -1.32. The minimum Gasteiger partial charge on any atom is -0.494 e. The number of azo groups is 1. The van der Waals surface area contributed by atoms with Gasteiger partial charge in [0, 0.05) is 17.8 Å². The number of carbonyl (C=O) groups excluding carboxylic acids is 1. The summed E-state index contributed by atoms with van der Waals surface area (Å²) in [4.78, 5) is 34.4. The number of nitrogens with two attached hydrogens (primary N) is 1. The van der Waals surface area contributed by atoms with Crippen molar-refractivity contribution in [2.75, 3.05) is 10.6 Å². The Morgan fingerprint density at radius 2 is 1.67 bits per heavy atom. The van der Waals surface area contributed by atoms with Crippen LogP contribution in [0.4, 0.5) is 39.0 Å². The summed E-state index contributed by atoms with van der Waals surface area (Å²) in [5, 5.41) is 22.9. The highest BCUT2D eigenvalue weighted by Gasteiger charge is 2.23. The molecule has 0 radical (unpaired) electrons. The van der Waals surface area contributed by atoms with Crippen molar-refractivity contribution in [3.05, 3.63) is 69.0 Å². The fourth-order valence-corrected chi connectivity index (χ4v) is 5.25. The van der Waals surface area contributed by atoms with Gasteiger partial charge in [-0.3, -0.25) is 23.3 Å². The van der Waals surface area contributed by atoms with E-state index in [9.17, 15) is 45.0 Å². The molecule has 2 heterocycles. The highest BCUT2D eigenvalue weighted by molar-refractivity contribution is 7.86. The smallest absolute Gasteiger partial charge is 0.315 e. The number of aromatic nitrogens is 4. The number of rotatable bonds is 10. The van der Waals surface area contributed by atoms with Gasteiger partial charge in [0.1, 0.15) is 16.1 Å². The molecule has 0 unspecified atom stereocenters. The Kier molecular flexibility index (Phi) is 9.35. The molecule has 2 aromatic carbocycles. The van der Waals surface area contributed by atoms with E-state index >= 15 is 0 Å². The number of benzene rings is 2. The third-order valence-corrected chi connectivity index (χ3v) is 8.14. The molecular weight excluding hydrogens is 677 g/mol. The lowest BCUT2D eigenvalue weighted by molar-refractivity contribution is 0.0995. The van der Waals surface area contributed by atoms with E-state index in [1.54, 1.807) is 0 Å². The van der Waals surface area contributed by atoms with Gasteiger partial charge in [-0.15, -0.1) is 10.2 Å². The van der Waals surface area contributed by atoms with E-state index in [-0.39, 0.29) is 28.5 Å². The van der Waals surface area contributed by atoms with Crippen LogP contribution < -0.4 is 21.9 Å². The first kappa shape index (κ1) is 33.8. The van der Waals surface area contributed by atoms with Crippen molar-refractivity contribution in [1.29, 1.82) is 0 Å². The molecule has 0 spiro atoms. The highest BCUT2D eigenvalue weighted by atomic mass is 35.5. The van der Waals surface area contributed by atoms with E-state index in [1.165, 1.54) is 13.8 Å². The van der Waals surface area contributed by atoms with Crippen molar-refractivity contribution in [3.63, 3.8) is 0 Å². The number of primary amides is 1. The number of pyridine rings is 1. The van der Waals surface area contributed by atoms with Crippen LogP contribution in [-0.4, -0.2) is 56.5 Å². The Morgan fingerprint density at radius 1 is 1.02 bits per heavy atom. The lowest BCUT2D eigenvalue weighted by Crippen LogP contribution is -2.25. The molecule has 46 heavy (non-hydrogen) atoms. The van der Waals surface area contributed by atoms with E-state index < -0.39 is 82.3 Å². The molecule has 2 aromatic heterocycles. The molecule has 18 nitrogen and oxygen atoms in total. The number of anilines is 4. The van der Waals surface area contributed by atoms with Crippen molar-refractivity contribution in [2.24, 2.45) is 16.0 Å². The van der Waals surface area contributed by atoms with E-state index in [1.807, 2.05) is 0 Å². The molecule has 0 fully saturated rings. The Bertz CT molecular complexity index is 2210. The molecule has 4 aromatic rings. The average molecular weight is 698 g/mol. The van der Waals surface area contributed by atoms with Gasteiger partial charge >= 0.3 is 6.08 Å². The number of amides is 1. The molecule has 1 amide bonds. The van der Waals surface area contributed by atoms with Gasteiger partial charge in [0.15, 0.2) is 5.69 Å². The summed E-state index contributed by atoms with van der Waals surface area (Å²) in [7, 11) is -9.53. The Morgan fingerprint density at radius 3 is 2.26 bits per heavy atom. The molecule has 0 aliphatic rings. The van der Waals surface area contributed by atoms with Gasteiger partial charge < -0.3 is 21.5 Å². The van der Waals surface area contributed by atoms with Crippen molar-refractivity contribution >= 4 is 72.4 Å². The third kappa shape index (κ3) is 7.24. The predicted octanol–water partition coefficient (Wildman–Crippen LogP) is 3.35. The van der Waals surface area contributed by atoms with Crippen LogP contribution in [0.25, 0.3) is 0 Å². The number of hydrogen-bond acceptors (Lipinski definition) is 14. The quantitative estimate of drug-likeness (QED) is 0.102. The minimum atomic E-state index is -4.92. The molecule has 0 atom stereocenters. The first-order chi connectivity index (χ1) is 21.4. The maximum Gasteiger partial charge on any atom is 0.315 e. The number of nitrogens with one attached hydrogen (secondary N) is 2. The lowest BCUT2D eigenvalue weighted by Gasteiger charge is -2.13. The second kappa shape index (κ2) is 12.7. The Hall–Kier alpha value is -5.09. The van der Waals surface area contributed by atoms with Crippen LogP contribution in [0.15, 0.2) is 61.2 Å². The first-order valence-electron chi connectivity index (χ1n) is 12.4. The van der Waals surface area contributed by atoms with Gasteiger partial charge in [-0.2, -0.15) is 36.2 Å². The molecule has 0 bridgehead atoms. The van der Waals surface area contributed by atoms with Gasteiger partial charge in [-0.05, 0) is 50.2 Å². The molecule has 0 saturated heterocycles. The minimum absolute atomic E-state index is 0.0453. The van der Waals surface area contributed by atoms with E-state index in [2.05, 4.69) is 35.8 Å². The van der Waals surface area contributed by atoms with Crippen LogP contribution in [0.1, 0.15) is 22.8 Å². The fraction of sp³-hybridized carbons (Fsp3) is 0.125. The zero-order valence-corrected chi connectivity index (χ0v) is 25.7. The second-order valence-corrected chi connectivity index (χ2v) is 12.3. The summed E-state index contributed by atoms with van der Waals surface area (Å²) in [5.41, 5.74) is 2.69. The van der Waals surface area contributed by atoms with E-state index in [4.69, 9.17) is 17.3 Å². The number of halogens is 2. The lowest BCUT2D eigenvalue weighted by atomic mass is 10.1. The molecule has 0 saturated carbocycles. The van der Waals surface area contributed by atoms with Crippen LogP contribution in [0.2, 0.25) is 5.02 Å². The summed E-state index contributed by atoms with van der Waals surface area (Å²) in [6.45, 7) is 2.65. The van der Waals surface area contributed by atoms with Crippen LogP contribution in [0, 0.1) is 13.0 Å². The van der Waals surface area contributed by atoms with Crippen molar-refractivity contribution in [3.8, 4) is 5.88 Å². The SMILES string of the molecule is CCn1c(O)c(C(N)=O)c(C)c(N=Nc2cc(Nc3nc(F)nc(Nc4cc(S(=O)(=O)O)ccc4Cl)n3)ccc2S(=O)(=O)O)c1=O. The summed E-state index contributed by atoms with van der Waals surface area (Å²) in [6, 6.07) is 6.12. The standard InChI is InChI=1S/C24H21ClFN9O9S2/c1-3-35-20(37)17(19(27)36)10(2)18(21(35)38)34-33-15-8-11(4-7-16(15)46(42,43)44)28-23-30-22(26)31-24(32-23)29-14-9-12(45(39,40)41)5-6-13(14)25/h4-9,37H,3H2,1-2H3,(H2,27,36)(H,39,40,41)(H,42,43,44)(H2,28,29,30,31,32). The number of nitrogens with zero attached hydrogens (tertiary/aromatic N) is 6. The largest absolute Gasteiger partial charge is 0.494 e. The van der Waals surface area contributed by atoms with E-state index in [0.717, 1.165) is 41.0 Å². The summed E-state index contributed by atoms with van der Waals surface area (Å²) in [5.74, 6) is -2.72. The van der Waals surface area contributed by atoms with Gasteiger partial charge in [-0.25, -0.2) is 0 Å². The van der Waals surface area contributed by atoms with Gasteiger partial charge in [0.2, 0.25) is 17.8 Å². The molecule has 4 rings (SSSR count). The molecule has 22 heteroatoms. The normalized spacial score (nSPS) is 12.0. The van der Waals surface area contributed by atoms with E-state index in [0.29, 0.717) is 0 Å². The number of aromatic hydroxyl groups is 1. The fourth-order valence-electron chi connectivity index (χ4n) is 3.98. The van der Waals surface area contributed by atoms with Gasteiger partial charge in [0.05, 0.1) is 15.6 Å². The molecule has 7 N–H and O–H groups in total. The Labute approximate surface area is 263 Å². The monoisotopic (exact) mass is 697 g/mol. The van der Waals surface area contributed by atoms with Crippen molar-refractivity contribution in [2.45, 2.75) is 30.2 Å². The van der Waals surface area contributed by atoms with Crippen LogP contribution in [0.5, 0.6) is 5.88 Å². The first-order valence-corrected chi connectivity index (χ1v) is 15.7. The molecule has 242 valence electrons. The van der Waals surface area contributed by atoms with Crippen LogP contribution in [0.3, 0.4) is 0 Å². The molecular formula is C24H21ClFN9O9S2. The van der Waals surface area contributed by atoms with Gasteiger partial charge in [0.25, 0.3) is 31.7 Å². The maximum atomic E-state index is 14.3. The van der Waals surface area contributed by atoms with Crippen LogP contribution in [-0.2, 0) is 26.8 Å². The number of carbonyl (C=O) groups is 1. The average Bonchev–Trinajstić information content (AvgIpc) is 2.92. The van der Waals surface area contributed by atoms with Crippen LogP contribution >= 0.6 is 11.6 Å². The maximum absolute atomic E-state index is 14.3. The topological polar surface area (TPSA) is 282 Å².